The van der Waals surface area contributed by atoms with Gasteiger partial charge in [0.1, 0.15) is 0 Å². The minimum Gasteiger partial charge on any atom is -0.352 e. The summed E-state index contributed by atoms with van der Waals surface area (Å²) in [6.45, 7) is 6.23. The minimum absolute atomic E-state index is 0.00299. The van der Waals surface area contributed by atoms with Crippen LogP contribution in [-0.4, -0.2) is 5.91 Å². The first kappa shape index (κ1) is 11.2. The molecule has 0 bridgehead atoms. The Hall–Kier alpha value is -0.830. The van der Waals surface area contributed by atoms with Crippen molar-refractivity contribution < 1.29 is 4.79 Å². The molecule has 1 aromatic rings. The van der Waals surface area contributed by atoms with E-state index in [1.807, 2.05) is 13.8 Å². The summed E-state index contributed by atoms with van der Waals surface area (Å²) in [6, 6.07) is 4.15. The fourth-order valence-corrected chi connectivity index (χ4v) is 1.59. The molecule has 1 aromatic carbocycles. The summed E-state index contributed by atoms with van der Waals surface area (Å²) in [6.07, 6.45) is 0. The van der Waals surface area contributed by atoms with Crippen LogP contribution in [0.3, 0.4) is 0 Å². The van der Waals surface area contributed by atoms with E-state index in [-0.39, 0.29) is 5.91 Å². The van der Waals surface area contributed by atoms with Gasteiger partial charge < -0.3 is 5.32 Å². The molecule has 1 rings (SSSR count). The van der Waals surface area contributed by atoms with Gasteiger partial charge in [-0.3, -0.25) is 4.79 Å². The van der Waals surface area contributed by atoms with E-state index in [1.54, 1.807) is 0 Å². The summed E-state index contributed by atoms with van der Waals surface area (Å²) < 4.78 is 1.14. The molecule has 0 aliphatic rings. The lowest BCUT2D eigenvalue weighted by Crippen LogP contribution is -2.19. The number of hydrogen-bond donors (Lipinski definition) is 1. The lowest BCUT2D eigenvalue weighted by molar-refractivity contribution is -0.119. The van der Waals surface area contributed by atoms with Gasteiger partial charge in [0, 0.05) is 17.9 Å². The van der Waals surface area contributed by atoms with Crippen molar-refractivity contribution in [2.75, 3.05) is 0 Å². The van der Waals surface area contributed by atoms with Crippen molar-refractivity contribution in [3.05, 3.63) is 33.3 Å². The summed E-state index contributed by atoms with van der Waals surface area (Å²) in [4.78, 5) is 10.7. The molecule has 14 heavy (non-hydrogen) atoms. The predicted octanol–water partition coefficient (Wildman–Crippen LogP) is 2.70. The second-order valence-corrected chi connectivity index (χ2v) is 4.25. The molecule has 0 heterocycles. The average Bonchev–Trinajstić information content (AvgIpc) is 2.10. The van der Waals surface area contributed by atoms with Crippen LogP contribution in [0.25, 0.3) is 0 Å². The van der Waals surface area contributed by atoms with Gasteiger partial charge in [-0.25, -0.2) is 0 Å². The van der Waals surface area contributed by atoms with Gasteiger partial charge in [0.05, 0.1) is 0 Å². The fourth-order valence-electron chi connectivity index (χ4n) is 1.36. The van der Waals surface area contributed by atoms with Gasteiger partial charge in [0.25, 0.3) is 0 Å². The highest BCUT2D eigenvalue weighted by atomic mass is 79.9. The topological polar surface area (TPSA) is 29.1 Å². The Bertz CT molecular complexity index is 337. The summed E-state index contributed by atoms with van der Waals surface area (Å²) in [7, 11) is 0. The highest BCUT2D eigenvalue weighted by Crippen LogP contribution is 2.22. The minimum atomic E-state index is 0.00299. The Morgan fingerprint density at radius 2 is 1.86 bits per heavy atom. The van der Waals surface area contributed by atoms with Crippen molar-refractivity contribution in [1.82, 2.24) is 5.32 Å². The molecule has 1 N–H and O–H groups in total. The number of carbonyl (C=O) groups is 1. The summed E-state index contributed by atoms with van der Waals surface area (Å²) in [5.74, 6) is 0.00299. The van der Waals surface area contributed by atoms with Crippen LogP contribution in [0, 0.1) is 13.8 Å². The molecular formula is C11H14BrNO. The van der Waals surface area contributed by atoms with Gasteiger partial charge in [-0.15, -0.1) is 0 Å². The monoisotopic (exact) mass is 255 g/mol. The lowest BCUT2D eigenvalue weighted by Gasteiger charge is -2.08. The predicted molar refractivity (Wildman–Crippen MR) is 61.1 cm³/mol. The van der Waals surface area contributed by atoms with E-state index in [4.69, 9.17) is 0 Å². The van der Waals surface area contributed by atoms with Crippen LogP contribution >= 0.6 is 15.9 Å². The summed E-state index contributed by atoms with van der Waals surface area (Å²) in [5, 5.41) is 2.78. The van der Waals surface area contributed by atoms with Crippen molar-refractivity contribution >= 4 is 21.8 Å². The van der Waals surface area contributed by atoms with Gasteiger partial charge in [0.2, 0.25) is 5.91 Å². The van der Waals surface area contributed by atoms with E-state index in [1.165, 1.54) is 18.1 Å². The molecule has 0 aromatic heterocycles. The van der Waals surface area contributed by atoms with Gasteiger partial charge in [-0.1, -0.05) is 28.1 Å². The maximum Gasteiger partial charge on any atom is 0.217 e. The highest BCUT2D eigenvalue weighted by molar-refractivity contribution is 9.10. The third-order valence-electron chi connectivity index (χ3n) is 2.04. The fraction of sp³-hybridized carbons (Fsp3) is 0.364. The van der Waals surface area contributed by atoms with E-state index in [0.29, 0.717) is 6.54 Å². The number of halogens is 1. The maximum atomic E-state index is 10.7. The molecule has 1 amide bonds. The molecular weight excluding hydrogens is 242 g/mol. The van der Waals surface area contributed by atoms with Crippen LogP contribution in [0.15, 0.2) is 16.6 Å². The van der Waals surface area contributed by atoms with E-state index >= 15 is 0 Å². The quantitative estimate of drug-likeness (QED) is 0.866. The Balaban J connectivity index is 2.84. The van der Waals surface area contributed by atoms with Crippen molar-refractivity contribution in [3.8, 4) is 0 Å². The molecule has 0 unspecified atom stereocenters. The number of aryl methyl sites for hydroxylation is 2. The number of carbonyl (C=O) groups excluding carboxylic acids is 1. The van der Waals surface area contributed by atoms with Crippen molar-refractivity contribution in [3.63, 3.8) is 0 Å². The Morgan fingerprint density at radius 1 is 1.36 bits per heavy atom. The smallest absolute Gasteiger partial charge is 0.217 e. The molecule has 0 atom stereocenters. The third-order valence-corrected chi connectivity index (χ3v) is 3.29. The first-order chi connectivity index (χ1) is 6.50. The van der Waals surface area contributed by atoms with Crippen molar-refractivity contribution in [2.45, 2.75) is 27.3 Å². The molecule has 3 heteroatoms. The van der Waals surface area contributed by atoms with E-state index in [9.17, 15) is 4.79 Å². The number of amides is 1. The number of rotatable bonds is 2. The number of benzene rings is 1. The molecule has 0 spiro atoms. The first-order valence-electron chi connectivity index (χ1n) is 4.50. The Morgan fingerprint density at radius 3 is 2.29 bits per heavy atom. The van der Waals surface area contributed by atoms with Crippen molar-refractivity contribution in [2.24, 2.45) is 0 Å². The zero-order chi connectivity index (χ0) is 10.7. The van der Waals surface area contributed by atoms with Gasteiger partial charge in [-0.2, -0.15) is 0 Å². The van der Waals surface area contributed by atoms with E-state index < -0.39 is 0 Å². The van der Waals surface area contributed by atoms with Crippen LogP contribution in [0.4, 0.5) is 0 Å². The largest absolute Gasteiger partial charge is 0.352 e. The normalized spacial score (nSPS) is 10.0. The van der Waals surface area contributed by atoms with Crippen LogP contribution in [-0.2, 0) is 11.3 Å². The Labute approximate surface area is 92.8 Å². The first-order valence-corrected chi connectivity index (χ1v) is 5.30. The van der Waals surface area contributed by atoms with Crippen LogP contribution in [0.2, 0.25) is 0 Å². The lowest BCUT2D eigenvalue weighted by atomic mass is 10.1. The number of hydrogen-bond acceptors (Lipinski definition) is 1. The van der Waals surface area contributed by atoms with E-state index in [0.717, 1.165) is 10.0 Å². The van der Waals surface area contributed by atoms with Crippen molar-refractivity contribution in [1.29, 1.82) is 0 Å². The average molecular weight is 256 g/mol. The maximum absolute atomic E-state index is 10.7. The molecule has 0 saturated heterocycles. The standard InChI is InChI=1S/C11H14BrNO/c1-7-4-10(6-13-9(3)14)5-8(2)11(7)12/h4-5H,6H2,1-3H3,(H,13,14). The highest BCUT2D eigenvalue weighted by Gasteiger charge is 2.02. The second-order valence-electron chi connectivity index (χ2n) is 3.45. The second kappa shape index (κ2) is 4.60. The zero-order valence-electron chi connectivity index (χ0n) is 8.65. The zero-order valence-corrected chi connectivity index (χ0v) is 10.2. The molecule has 76 valence electrons. The molecule has 0 radical (unpaired) electrons. The summed E-state index contributed by atoms with van der Waals surface area (Å²) >= 11 is 3.51. The SMILES string of the molecule is CC(=O)NCc1cc(C)c(Br)c(C)c1. The molecule has 0 fully saturated rings. The van der Waals surface area contributed by atoms with Crippen LogP contribution < -0.4 is 5.32 Å². The van der Waals surface area contributed by atoms with Crippen LogP contribution in [0.1, 0.15) is 23.6 Å². The van der Waals surface area contributed by atoms with Gasteiger partial charge in [0.15, 0.2) is 0 Å². The summed E-state index contributed by atoms with van der Waals surface area (Å²) in [5.41, 5.74) is 3.54. The molecule has 0 aliphatic heterocycles. The molecule has 0 saturated carbocycles. The Kier molecular flexibility index (Phi) is 3.69. The van der Waals surface area contributed by atoms with Crippen LogP contribution in [0.5, 0.6) is 0 Å². The number of nitrogens with one attached hydrogen (secondary N) is 1. The molecule has 0 aliphatic carbocycles. The van der Waals surface area contributed by atoms with Gasteiger partial charge in [-0.05, 0) is 30.5 Å². The molecule has 2 nitrogen and oxygen atoms in total. The van der Waals surface area contributed by atoms with Gasteiger partial charge >= 0.3 is 0 Å². The third kappa shape index (κ3) is 2.84. The van der Waals surface area contributed by atoms with E-state index in [2.05, 4.69) is 33.4 Å².